The third-order valence-electron chi connectivity index (χ3n) is 3.18. The maximum absolute atomic E-state index is 3.66. The van der Waals surface area contributed by atoms with Gasteiger partial charge in [0.15, 0.2) is 0 Å². The van der Waals surface area contributed by atoms with Crippen molar-refractivity contribution in [2.45, 2.75) is 85.5 Å². The third kappa shape index (κ3) is 10.1. The molecule has 0 atom stereocenters. The van der Waals surface area contributed by atoms with Gasteiger partial charge in [-0.25, -0.2) is 5.57 Å². The van der Waals surface area contributed by atoms with Crippen molar-refractivity contribution >= 4 is 0 Å². The van der Waals surface area contributed by atoms with E-state index in [1.54, 1.807) is 5.57 Å². The van der Waals surface area contributed by atoms with E-state index in [0.29, 0.717) is 0 Å². The second kappa shape index (κ2) is 15.2. The summed E-state index contributed by atoms with van der Waals surface area (Å²) in [5.41, 5.74) is 3.06. The molecule has 0 aliphatic rings. The molecule has 0 rings (SSSR count). The standard InChI is InChI=1S/C17H31.Ru/c1-5-9-12-15-17(14-11-7-3)16(8-4)13-10-6-2;/h8H,5-7,9-14H2,1-4H3;/q-1;+1. The van der Waals surface area contributed by atoms with Crippen LogP contribution < -0.4 is 0 Å². The maximum atomic E-state index is 3.66. The Hall–Kier alpha value is 0.103. The largest absolute Gasteiger partial charge is 1.00 e. The zero-order valence-electron chi connectivity index (χ0n) is 12.8. The zero-order valence-corrected chi connectivity index (χ0v) is 14.5. The van der Waals surface area contributed by atoms with Gasteiger partial charge in [0.2, 0.25) is 0 Å². The molecule has 0 unspecified atom stereocenters. The monoisotopic (exact) mass is 337 g/mol. The number of hydrogen-bond donors (Lipinski definition) is 0. The van der Waals surface area contributed by atoms with Crippen molar-refractivity contribution < 1.29 is 19.5 Å². The molecule has 1 radical (unpaired) electrons. The van der Waals surface area contributed by atoms with Crippen molar-refractivity contribution in [1.29, 1.82) is 0 Å². The second-order valence-electron chi connectivity index (χ2n) is 4.78. The van der Waals surface area contributed by atoms with Gasteiger partial charge in [0.1, 0.15) is 0 Å². The first-order valence-electron chi connectivity index (χ1n) is 7.55. The summed E-state index contributed by atoms with van der Waals surface area (Å²) in [5, 5.41) is 0. The number of hydrogen-bond acceptors (Lipinski definition) is 0. The van der Waals surface area contributed by atoms with Crippen LogP contribution in [0.2, 0.25) is 0 Å². The van der Waals surface area contributed by atoms with Gasteiger partial charge in [-0.15, -0.1) is 6.42 Å². The van der Waals surface area contributed by atoms with E-state index in [4.69, 9.17) is 0 Å². The molecule has 18 heavy (non-hydrogen) atoms. The molecule has 1 heteroatoms. The van der Waals surface area contributed by atoms with Gasteiger partial charge in [-0.2, -0.15) is 11.6 Å². The zero-order chi connectivity index (χ0) is 12.9. The molecule has 0 aromatic rings. The fourth-order valence-electron chi connectivity index (χ4n) is 1.97. The average Bonchev–Trinajstić information content (AvgIpc) is 2.36. The molecule has 0 fully saturated rings. The Morgan fingerprint density at radius 2 is 1.44 bits per heavy atom. The van der Waals surface area contributed by atoms with Gasteiger partial charge in [-0.3, -0.25) is 6.08 Å². The molecule has 0 aromatic heterocycles. The van der Waals surface area contributed by atoms with Crippen LogP contribution in [0.4, 0.5) is 0 Å². The molecule has 0 heterocycles. The minimum absolute atomic E-state index is 0. The van der Waals surface area contributed by atoms with E-state index in [1.165, 1.54) is 56.9 Å². The molecular formula is C17H31Ru. The van der Waals surface area contributed by atoms with Crippen LogP contribution in [0.5, 0.6) is 0 Å². The van der Waals surface area contributed by atoms with Gasteiger partial charge in [0.25, 0.3) is 0 Å². The summed E-state index contributed by atoms with van der Waals surface area (Å²) in [6.45, 7) is 8.97. The van der Waals surface area contributed by atoms with E-state index in [-0.39, 0.29) is 19.5 Å². The topological polar surface area (TPSA) is 0 Å². The number of unbranched alkanes of at least 4 members (excludes halogenated alkanes) is 4. The molecular weight excluding hydrogens is 305 g/mol. The van der Waals surface area contributed by atoms with E-state index in [1.807, 2.05) is 0 Å². The predicted octanol–water partition coefficient (Wildman–Crippen LogP) is 6.23. The fourth-order valence-corrected chi connectivity index (χ4v) is 1.97. The van der Waals surface area contributed by atoms with Crippen molar-refractivity contribution in [2.24, 2.45) is 0 Å². The van der Waals surface area contributed by atoms with Gasteiger partial charge >= 0.3 is 19.5 Å². The van der Waals surface area contributed by atoms with E-state index >= 15 is 0 Å². The van der Waals surface area contributed by atoms with E-state index in [9.17, 15) is 0 Å². The summed E-state index contributed by atoms with van der Waals surface area (Å²) in [6, 6.07) is 0. The normalized spacial score (nSPS) is 12.4. The first-order chi connectivity index (χ1) is 8.29. The Balaban J connectivity index is 0. The fraction of sp³-hybridized carbons (Fsp3) is 0.765. The molecule has 0 aromatic carbocycles. The SMILES string of the molecule is CC=C(CCCC)C(=[C-]CCCC)CCCC.[Ru+]. The first kappa shape index (κ1) is 20.4. The Morgan fingerprint density at radius 1 is 0.889 bits per heavy atom. The summed E-state index contributed by atoms with van der Waals surface area (Å²) >= 11 is 0. The van der Waals surface area contributed by atoms with Crippen LogP contribution >= 0.6 is 0 Å². The second-order valence-corrected chi connectivity index (χ2v) is 4.78. The van der Waals surface area contributed by atoms with Crippen LogP contribution in [-0.2, 0) is 19.5 Å². The third-order valence-corrected chi connectivity index (χ3v) is 3.18. The van der Waals surface area contributed by atoms with Crippen LogP contribution in [0.1, 0.15) is 85.5 Å². The smallest absolute Gasteiger partial charge is 0.272 e. The minimum Gasteiger partial charge on any atom is -0.272 e. The minimum atomic E-state index is 0. The molecule has 0 bridgehead atoms. The van der Waals surface area contributed by atoms with Crippen LogP contribution in [0.25, 0.3) is 0 Å². The van der Waals surface area contributed by atoms with E-state index in [0.717, 1.165) is 6.42 Å². The van der Waals surface area contributed by atoms with Gasteiger partial charge in [0.05, 0.1) is 0 Å². The molecule has 0 N–H and O–H groups in total. The van der Waals surface area contributed by atoms with Gasteiger partial charge in [-0.1, -0.05) is 79.1 Å². The molecule has 0 aliphatic heterocycles. The van der Waals surface area contributed by atoms with Crippen molar-refractivity contribution in [2.75, 3.05) is 0 Å². The molecule has 107 valence electrons. The Morgan fingerprint density at radius 3 is 1.94 bits per heavy atom. The first-order valence-corrected chi connectivity index (χ1v) is 7.55. The maximum Gasteiger partial charge on any atom is 1.00 e. The summed E-state index contributed by atoms with van der Waals surface area (Å²) in [6.07, 6.45) is 17.3. The molecule has 0 aliphatic carbocycles. The Labute approximate surface area is 128 Å². The van der Waals surface area contributed by atoms with Crippen LogP contribution in [0.3, 0.4) is 0 Å². The number of allylic oxidation sites excluding steroid dienone is 4. The quantitative estimate of drug-likeness (QED) is 0.192. The molecule has 0 saturated carbocycles. The van der Waals surface area contributed by atoms with Gasteiger partial charge in [-0.05, 0) is 0 Å². The Kier molecular flexibility index (Phi) is 17.2. The summed E-state index contributed by atoms with van der Waals surface area (Å²) in [7, 11) is 0. The van der Waals surface area contributed by atoms with Crippen molar-refractivity contribution in [3.63, 3.8) is 0 Å². The Bertz CT molecular complexity index is 226. The summed E-state index contributed by atoms with van der Waals surface area (Å²) in [4.78, 5) is 0. The van der Waals surface area contributed by atoms with Crippen LogP contribution in [-0.4, -0.2) is 0 Å². The summed E-state index contributed by atoms with van der Waals surface area (Å²) < 4.78 is 0. The van der Waals surface area contributed by atoms with Gasteiger partial charge in [0, 0.05) is 0 Å². The molecule has 0 spiro atoms. The number of rotatable bonds is 10. The van der Waals surface area contributed by atoms with Crippen molar-refractivity contribution in [1.82, 2.24) is 0 Å². The van der Waals surface area contributed by atoms with E-state index < -0.39 is 0 Å². The molecule has 0 amide bonds. The van der Waals surface area contributed by atoms with Crippen LogP contribution in [0, 0.1) is 6.08 Å². The predicted molar refractivity (Wildman–Crippen MR) is 79.1 cm³/mol. The average molecular weight is 337 g/mol. The molecule has 0 nitrogen and oxygen atoms in total. The van der Waals surface area contributed by atoms with E-state index in [2.05, 4.69) is 39.8 Å². The van der Waals surface area contributed by atoms with Gasteiger partial charge < -0.3 is 0 Å². The van der Waals surface area contributed by atoms with Crippen molar-refractivity contribution in [3.05, 3.63) is 23.3 Å². The van der Waals surface area contributed by atoms with Crippen LogP contribution in [0.15, 0.2) is 17.2 Å². The summed E-state index contributed by atoms with van der Waals surface area (Å²) in [5.74, 6) is 0. The molecule has 0 saturated heterocycles. The van der Waals surface area contributed by atoms with Crippen molar-refractivity contribution in [3.8, 4) is 0 Å².